The zero-order valence-electron chi connectivity index (χ0n) is 15.0. The Kier molecular flexibility index (Phi) is 5.54. The normalized spacial score (nSPS) is 12.5. The number of nitrogens with one attached hydrogen (secondary N) is 1. The van der Waals surface area contributed by atoms with Gasteiger partial charge in [-0.05, 0) is 51.5 Å². The highest BCUT2D eigenvalue weighted by atomic mass is 16.6. The summed E-state index contributed by atoms with van der Waals surface area (Å²) < 4.78 is 10.5. The first-order chi connectivity index (χ1) is 11.2. The number of rotatable bonds is 5. The summed E-state index contributed by atoms with van der Waals surface area (Å²) in [5.74, 6) is 0. The van der Waals surface area contributed by atoms with Crippen LogP contribution in [-0.4, -0.2) is 23.6 Å². The molecule has 2 aromatic rings. The number of hydrogen-bond donors (Lipinski definition) is 1. The molecule has 0 aliphatic carbocycles. The molecule has 1 unspecified atom stereocenters. The van der Waals surface area contributed by atoms with Crippen molar-refractivity contribution in [1.82, 2.24) is 4.90 Å². The first kappa shape index (κ1) is 17.9. The van der Waals surface area contributed by atoms with Crippen molar-refractivity contribution in [3.05, 3.63) is 54.0 Å². The van der Waals surface area contributed by atoms with Gasteiger partial charge < -0.3 is 19.4 Å². The second kappa shape index (κ2) is 7.43. The Morgan fingerprint density at radius 2 is 2.08 bits per heavy atom. The molecule has 5 heteroatoms. The number of furan rings is 1. The molecular weight excluding hydrogens is 304 g/mol. The maximum Gasteiger partial charge on any atom is 0.410 e. The number of anilines is 1. The van der Waals surface area contributed by atoms with Gasteiger partial charge in [-0.3, -0.25) is 0 Å². The molecule has 0 saturated carbocycles. The predicted octanol–water partition coefficient (Wildman–Crippen LogP) is 4.82. The SMILES string of the molecule is CC(Nc1cccc(CN(C)C(=O)OC(C)(C)C)c1)c1ccoc1. The molecule has 0 saturated heterocycles. The molecule has 130 valence electrons. The van der Waals surface area contributed by atoms with Crippen LogP contribution < -0.4 is 5.32 Å². The van der Waals surface area contributed by atoms with E-state index < -0.39 is 5.60 Å². The third kappa shape index (κ3) is 5.33. The van der Waals surface area contributed by atoms with Gasteiger partial charge >= 0.3 is 6.09 Å². The Hall–Kier alpha value is -2.43. The summed E-state index contributed by atoms with van der Waals surface area (Å²) in [6.45, 7) is 8.15. The molecule has 1 amide bonds. The lowest BCUT2D eigenvalue weighted by Gasteiger charge is -2.25. The molecule has 5 nitrogen and oxygen atoms in total. The number of ether oxygens (including phenoxy) is 1. The number of nitrogens with zero attached hydrogens (tertiary/aromatic N) is 1. The van der Waals surface area contributed by atoms with E-state index in [0.29, 0.717) is 6.54 Å². The van der Waals surface area contributed by atoms with Crippen LogP contribution in [0.3, 0.4) is 0 Å². The van der Waals surface area contributed by atoms with Crippen LogP contribution in [0.4, 0.5) is 10.5 Å². The molecule has 1 atom stereocenters. The van der Waals surface area contributed by atoms with Crippen LogP contribution in [-0.2, 0) is 11.3 Å². The topological polar surface area (TPSA) is 54.7 Å². The first-order valence-electron chi connectivity index (χ1n) is 8.06. The fourth-order valence-electron chi connectivity index (χ4n) is 2.29. The molecule has 0 aliphatic rings. The van der Waals surface area contributed by atoms with Gasteiger partial charge in [-0.15, -0.1) is 0 Å². The predicted molar refractivity (Wildman–Crippen MR) is 94.9 cm³/mol. The summed E-state index contributed by atoms with van der Waals surface area (Å²) in [6.07, 6.45) is 3.07. The van der Waals surface area contributed by atoms with E-state index in [1.807, 2.05) is 51.1 Å². The number of carbonyl (C=O) groups excluding carboxylic acids is 1. The monoisotopic (exact) mass is 330 g/mol. The number of hydrogen-bond acceptors (Lipinski definition) is 4. The van der Waals surface area contributed by atoms with Crippen LogP contribution in [0.1, 0.15) is 44.9 Å². The zero-order chi connectivity index (χ0) is 17.7. The molecule has 0 fully saturated rings. The second-order valence-corrected chi connectivity index (χ2v) is 6.96. The van der Waals surface area contributed by atoms with E-state index >= 15 is 0 Å². The van der Waals surface area contributed by atoms with Gasteiger partial charge in [0.15, 0.2) is 0 Å². The summed E-state index contributed by atoms with van der Waals surface area (Å²) in [4.78, 5) is 13.6. The Morgan fingerprint density at radius 1 is 1.33 bits per heavy atom. The zero-order valence-corrected chi connectivity index (χ0v) is 15.0. The van der Waals surface area contributed by atoms with E-state index in [0.717, 1.165) is 16.8 Å². The lowest BCUT2D eigenvalue weighted by Crippen LogP contribution is -2.33. The Morgan fingerprint density at radius 3 is 2.71 bits per heavy atom. The van der Waals surface area contributed by atoms with Crippen LogP contribution >= 0.6 is 0 Å². The molecule has 1 aromatic carbocycles. The molecular formula is C19H26N2O3. The molecule has 0 radical (unpaired) electrons. The molecule has 0 aliphatic heterocycles. The van der Waals surface area contributed by atoms with Crippen LogP contribution in [0.25, 0.3) is 0 Å². The van der Waals surface area contributed by atoms with Crippen LogP contribution in [0.5, 0.6) is 0 Å². The smallest absolute Gasteiger partial charge is 0.410 e. The molecule has 1 aromatic heterocycles. The number of carbonyl (C=O) groups is 1. The van der Waals surface area contributed by atoms with Crippen molar-refractivity contribution in [3.63, 3.8) is 0 Å². The van der Waals surface area contributed by atoms with Gasteiger partial charge in [0.25, 0.3) is 0 Å². The minimum atomic E-state index is -0.491. The fourth-order valence-corrected chi connectivity index (χ4v) is 2.29. The Labute approximate surface area is 143 Å². The maximum atomic E-state index is 12.1. The molecule has 24 heavy (non-hydrogen) atoms. The van der Waals surface area contributed by atoms with Gasteiger partial charge in [0.2, 0.25) is 0 Å². The van der Waals surface area contributed by atoms with Crippen molar-refractivity contribution in [2.45, 2.75) is 45.9 Å². The van der Waals surface area contributed by atoms with E-state index in [9.17, 15) is 4.79 Å². The first-order valence-corrected chi connectivity index (χ1v) is 8.06. The molecule has 1 N–H and O–H groups in total. The van der Waals surface area contributed by atoms with Crippen molar-refractivity contribution in [1.29, 1.82) is 0 Å². The van der Waals surface area contributed by atoms with Crippen LogP contribution in [0.15, 0.2) is 47.3 Å². The lowest BCUT2D eigenvalue weighted by atomic mass is 10.1. The van der Waals surface area contributed by atoms with Gasteiger partial charge in [-0.25, -0.2) is 4.79 Å². The third-order valence-corrected chi connectivity index (χ3v) is 3.48. The van der Waals surface area contributed by atoms with Gasteiger partial charge in [-0.1, -0.05) is 12.1 Å². The molecule has 0 spiro atoms. The van der Waals surface area contributed by atoms with Crippen molar-refractivity contribution < 1.29 is 13.9 Å². The largest absolute Gasteiger partial charge is 0.472 e. The lowest BCUT2D eigenvalue weighted by molar-refractivity contribution is 0.0285. The van der Waals surface area contributed by atoms with Gasteiger partial charge in [0.1, 0.15) is 5.60 Å². The molecule has 0 bridgehead atoms. The highest BCUT2D eigenvalue weighted by Gasteiger charge is 2.19. The van der Waals surface area contributed by atoms with Crippen molar-refractivity contribution in [2.75, 3.05) is 12.4 Å². The van der Waals surface area contributed by atoms with E-state index in [-0.39, 0.29) is 12.1 Å². The maximum absolute atomic E-state index is 12.1. The fraction of sp³-hybridized carbons (Fsp3) is 0.421. The third-order valence-electron chi connectivity index (χ3n) is 3.48. The van der Waals surface area contributed by atoms with E-state index in [4.69, 9.17) is 9.15 Å². The Balaban J connectivity index is 1.98. The average molecular weight is 330 g/mol. The van der Waals surface area contributed by atoms with Gasteiger partial charge in [-0.2, -0.15) is 0 Å². The highest BCUT2D eigenvalue weighted by Crippen LogP contribution is 2.21. The summed E-state index contributed by atoms with van der Waals surface area (Å²) >= 11 is 0. The summed E-state index contributed by atoms with van der Waals surface area (Å²) in [6, 6.07) is 10.1. The average Bonchev–Trinajstić information content (AvgIpc) is 3.00. The van der Waals surface area contributed by atoms with E-state index in [2.05, 4.69) is 12.2 Å². The number of benzene rings is 1. The second-order valence-electron chi connectivity index (χ2n) is 6.96. The molecule has 1 heterocycles. The molecule has 2 rings (SSSR count). The van der Waals surface area contributed by atoms with Gasteiger partial charge in [0, 0.05) is 24.8 Å². The summed E-state index contributed by atoms with van der Waals surface area (Å²) in [5, 5.41) is 3.43. The quantitative estimate of drug-likeness (QED) is 0.854. The van der Waals surface area contributed by atoms with E-state index in [1.165, 1.54) is 0 Å². The Bertz CT molecular complexity index is 660. The summed E-state index contributed by atoms with van der Waals surface area (Å²) in [5.41, 5.74) is 2.63. The standard InChI is InChI=1S/C19H26N2O3/c1-14(16-9-10-23-13-16)20-17-8-6-7-15(11-17)12-21(5)18(22)24-19(2,3)4/h6-11,13-14,20H,12H2,1-5H3. The summed E-state index contributed by atoms with van der Waals surface area (Å²) in [7, 11) is 1.74. The van der Waals surface area contributed by atoms with Crippen LogP contribution in [0, 0.1) is 0 Å². The van der Waals surface area contributed by atoms with Crippen molar-refractivity contribution in [2.24, 2.45) is 0 Å². The van der Waals surface area contributed by atoms with Gasteiger partial charge in [0.05, 0.1) is 18.6 Å². The minimum Gasteiger partial charge on any atom is -0.472 e. The van der Waals surface area contributed by atoms with E-state index in [1.54, 1.807) is 24.5 Å². The number of amides is 1. The van der Waals surface area contributed by atoms with Crippen LogP contribution in [0.2, 0.25) is 0 Å². The highest BCUT2D eigenvalue weighted by molar-refractivity contribution is 5.67. The van der Waals surface area contributed by atoms with Crippen molar-refractivity contribution >= 4 is 11.8 Å². The van der Waals surface area contributed by atoms with Crippen molar-refractivity contribution in [3.8, 4) is 0 Å². The minimum absolute atomic E-state index is 0.141.